The van der Waals surface area contributed by atoms with Crippen molar-refractivity contribution in [2.45, 2.75) is 25.9 Å². The maximum Gasteiger partial charge on any atom is 0.208 e. The zero-order chi connectivity index (χ0) is 16.2. The number of hydrogen-bond acceptors (Lipinski definition) is 6. The Morgan fingerprint density at radius 3 is 2.61 bits per heavy atom. The van der Waals surface area contributed by atoms with Gasteiger partial charge < -0.3 is 14.4 Å². The molecule has 124 valence electrons. The zero-order valence-electron chi connectivity index (χ0n) is 13.9. The number of hydrogen-bond donors (Lipinski definition) is 0. The largest absolute Gasteiger partial charge is 0.497 e. The van der Waals surface area contributed by atoms with Crippen molar-refractivity contribution in [3.8, 4) is 5.75 Å². The molecule has 1 saturated heterocycles. The summed E-state index contributed by atoms with van der Waals surface area (Å²) < 4.78 is 11.0. The van der Waals surface area contributed by atoms with E-state index in [1.165, 1.54) is 5.56 Å². The lowest BCUT2D eigenvalue weighted by molar-refractivity contribution is 0.0376. The van der Waals surface area contributed by atoms with E-state index >= 15 is 0 Å². The third-order valence-electron chi connectivity index (χ3n) is 4.41. The van der Waals surface area contributed by atoms with E-state index in [4.69, 9.17) is 9.47 Å². The van der Waals surface area contributed by atoms with E-state index in [0.29, 0.717) is 12.0 Å². The van der Waals surface area contributed by atoms with E-state index in [1.807, 2.05) is 26.2 Å². The minimum absolute atomic E-state index is 0.294. The second-order valence-electron chi connectivity index (χ2n) is 5.92. The Kier molecular flexibility index (Phi) is 5.13. The Bertz CT molecular complexity index is 629. The van der Waals surface area contributed by atoms with Crippen molar-refractivity contribution in [2.24, 2.45) is 5.92 Å². The Morgan fingerprint density at radius 1 is 1.22 bits per heavy atom. The molecule has 0 bridgehead atoms. The second kappa shape index (κ2) is 7.27. The third-order valence-corrected chi connectivity index (χ3v) is 5.31. The van der Waals surface area contributed by atoms with Gasteiger partial charge >= 0.3 is 0 Å². The van der Waals surface area contributed by atoms with E-state index in [0.717, 1.165) is 41.8 Å². The van der Waals surface area contributed by atoms with Crippen LogP contribution in [0.25, 0.3) is 0 Å². The van der Waals surface area contributed by atoms with Crippen LogP contribution in [0.4, 0.5) is 5.13 Å². The van der Waals surface area contributed by atoms with Crippen molar-refractivity contribution >= 4 is 16.5 Å². The first-order valence-corrected chi connectivity index (χ1v) is 8.72. The molecular formula is C17H23N3O2S. The molecule has 0 radical (unpaired) electrons. The van der Waals surface area contributed by atoms with Crippen LogP contribution in [0.15, 0.2) is 24.3 Å². The van der Waals surface area contributed by atoms with Crippen LogP contribution >= 0.6 is 11.3 Å². The molecule has 1 aliphatic heterocycles. The summed E-state index contributed by atoms with van der Waals surface area (Å²) in [5, 5.41) is 10.5. The van der Waals surface area contributed by atoms with Crippen molar-refractivity contribution in [3.05, 3.63) is 34.8 Å². The van der Waals surface area contributed by atoms with Gasteiger partial charge in [0.25, 0.3) is 0 Å². The maximum absolute atomic E-state index is 5.73. The molecule has 1 aromatic carbocycles. The van der Waals surface area contributed by atoms with Gasteiger partial charge in [-0.15, -0.1) is 10.2 Å². The summed E-state index contributed by atoms with van der Waals surface area (Å²) in [7, 11) is 3.51. The molecule has 0 saturated carbocycles. The molecule has 0 unspecified atom stereocenters. The highest BCUT2D eigenvalue weighted by atomic mass is 32.1. The molecule has 2 aromatic rings. The molecule has 5 nitrogen and oxygen atoms in total. The summed E-state index contributed by atoms with van der Waals surface area (Å²) in [6.45, 7) is 3.93. The molecule has 1 aromatic heterocycles. The summed E-state index contributed by atoms with van der Waals surface area (Å²) in [6.07, 6.45) is 2.31. The predicted molar refractivity (Wildman–Crippen MR) is 92.5 cm³/mol. The van der Waals surface area contributed by atoms with Gasteiger partial charge in [-0.3, -0.25) is 0 Å². The zero-order valence-corrected chi connectivity index (χ0v) is 14.7. The van der Waals surface area contributed by atoms with Crippen LogP contribution in [0.2, 0.25) is 0 Å². The fraction of sp³-hybridized carbons (Fsp3) is 0.529. The summed E-state index contributed by atoms with van der Waals surface area (Å²) >= 11 is 1.66. The molecule has 2 heterocycles. The van der Waals surface area contributed by atoms with Crippen LogP contribution in [0.3, 0.4) is 0 Å². The van der Waals surface area contributed by atoms with E-state index in [9.17, 15) is 0 Å². The number of nitrogens with zero attached hydrogens (tertiary/aromatic N) is 3. The number of benzene rings is 1. The lowest BCUT2D eigenvalue weighted by Gasteiger charge is -2.37. The maximum atomic E-state index is 5.73. The van der Waals surface area contributed by atoms with Gasteiger partial charge in [0.05, 0.1) is 13.2 Å². The highest BCUT2D eigenvalue weighted by Crippen LogP contribution is 2.29. The Labute approximate surface area is 141 Å². The van der Waals surface area contributed by atoms with Crippen molar-refractivity contribution in [2.75, 3.05) is 32.2 Å². The van der Waals surface area contributed by atoms with Crippen LogP contribution in [0.5, 0.6) is 5.75 Å². The number of piperidine rings is 1. The monoisotopic (exact) mass is 333 g/mol. The first-order valence-electron chi connectivity index (χ1n) is 7.90. The van der Waals surface area contributed by atoms with E-state index in [2.05, 4.69) is 27.2 Å². The predicted octanol–water partition coefficient (Wildman–Crippen LogP) is 2.94. The van der Waals surface area contributed by atoms with Crippen LogP contribution in [0, 0.1) is 12.8 Å². The molecule has 0 amide bonds. The minimum atomic E-state index is 0.294. The van der Waals surface area contributed by atoms with Crippen LogP contribution in [-0.4, -0.2) is 43.6 Å². The van der Waals surface area contributed by atoms with E-state index in [-0.39, 0.29) is 0 Å². The highest BCUT2D eigenvalue weighted by Gasteiger charge is 2.30. The number of methoxy groups -OCH3 is 2. The smallest absolute Gasteiger partial charge is 0.208 e. The molecular weight excluding hydrogens is 310 g/mol. The highest BCUT2D eigenvalue weighted by molar-refractivity contribution is 7.15. The molecule has 1 aliphatic rings. The average Bonchev–Trinajstić information content (AvgIpc) is 3.02. The summed E-state index contributed by atoms with van der Waals surface area (Å²) in [5.74, 6) is 1.35. The fourth-order valence-electron chi connectivity index (χ4n) is 3.17. The van der Waals surface area contributed by atoms with Gasteiger partial charge in [0.15, 0.2) is 0 Å². The fourth-order valence-corrected chi connectivity index (χ4v) is 3.89. The number of aromatic nitrogens is 2. The van der Waals surface area contributed by atoms with Crippen molar-refractivity contribution in [1.82, 2.24) is 10.2 Å². The standard InChI is InChI=1S/C17H23N3O2S/c1-12-18-19-17(23-12)20-9-8-16(22-3)14(11-20)10-13-4-6-15(21-2)7-5-13/h4-7,14,16H,8-11H2,1-3H3/t14-,16-/m1/s1. The first-order chi connectivity index (χ1) is 11.2. The van der Waals surface area contributed by atoms with Gasteiger partial charge in [0.2, 0.25) is 5.13 Å². The quantitative estimate of drug-likeness (QED) is 0.842. The molecule has 2 atom stereocenters. The number of anilines is 1. The number of aryl methyl sites for hydroxylation is 1. The topological polar surface area (TPSA) is 47.5 Å². The average molecular weight is 333 g/mol. The first kappa shape index (κ1) is 16.2. The van der Waals surface area contributed by atoms with Crippen LogP contribution in [-0.2, 0) is 11.2 Å². The molecule has 6 heteroatoms. The molecule has 0 N–H and O–H groups in total. The van der Waals surface area contributed by atoms with Crippen molar-refractivity contribution < 1.29 is 9.47 Å². The Hall–Kier alpha value is -1.66. The normalized spacial score (nSPS) is 21.4. The Morgan fingerprint density at radius 2 is 2.00 bits per heavy atom. The van der Waals surface area contributed by atoms with Gasteiger partial charge in [-0.1, -0.05) is 23.5 Å². The van der Waals surface area contributed by atoms with Crippen LogP contribution in [0.1, 0.15) is 17.0 Å². The molecule has 3 rings (SSSR count). The molecule has 1 fully saturated rings. The molecule has 0 aliphatic carbocycles. The minimum Gasteiger partial charge on any atom is -0.497 e. The van der Waals surface area contributed by atoms with Gasteiger partial charge in [-0.2, -0.15) is 0 Å². The summed E-state index contributed by atoms with van der Waals surface area (Å²) in [6, 6.07) is 8.32. The molecule has 23 heavy (non-hydrogen) atoms. The number of ether oxygens (including phenoxy) is 2. The summed E-state index contributed by atoms with van der Waals surface area (Å²) in [4.78, 5) is 2.34. The molecule has 0 spiro atoms. The van der Waals surface area contributed by atoms with Gasteiger partial charge in [-0.05, 0) is 37.5 Å². The van der Waals surface area contributed by atoms with Crippen LogP contribution < -0.4 is 9.64 Å². The summed E-state index contributed by atoms with van der Waals surface area (Å²) in [5.41, 5.74) is 1.31. The van der Waals surface area contributed by atoms with Crippen molar-refractivity contribution in [3.63, 3.8) is 0 Å². The van der Waals surface area contributed by atoms with Crippen molar-refractivity contribution in [1.29, 1.82) is 0 Å². The second-order valence-corrected chi connectivity index (χ2v) is 7.08. The van der Waals surface area contributed by atoms with Gasteiger partial charge in [-0.25, -0.2) is 0 Å². The third kappa shape index (κ3) is 3.82. The van der Waals surface area contributed by atoms with Gasteiger partial charge in [0.1, 0.15) is 10.8 Å². The Balaban J connectivity index is 1.71. The van der Waals surface area contributed by atoms with E-state index < -0.39 is 0 Å². The lowest BCUT2D eigenvalue weighted by atomic mass is 9.88. The SMILES string of the molecule is COc1ccc(C[C@@H]2CN(c3nnc(C)s3)CC[C@H]2OC)cc1. The lowest BCUT2D eigenvalue weighted by Crippen LogP contribution is -2.45. The van der Waals surface area contributed by atoms with Gasteiger partial charge in [0, 0.05) is 26.1 Å². The van der Waals surface area contributed by atoms with E-state index in [1.54, 1.807) is 18.4 Å². The number of rotatable bonds is 5.